The quantitative estimate of drug-likeness (QED) is 0.691. The molecule has 0 aromatic rings. The zero-order valence-corrected chi connectivity index (χ0v) is 10.5. The molecule has 1 aliphatic heterocycles. The molecular formula is C11H23NO4. The Morgan fingerprint density at radius 3 is 2.62 bits per heavy atom. The largest absolute Gasteiger partial charge is 0.458 e. The second kappa shape index (κ2) is 7.60. The van der Waals surface area contributed by atoms with Crippen LogP contribution in [0, 0.1) is 0 Å². The lowest BCUT2D eigenvalue weighted by Gasteiger charge is -2.17. The van der Waals surface area contributed by atoms with Gasteiger partial charge in [-0.15, -0.1) is 0 Å². The number of aliphatic hydroxyl groups is 1. The number of carbonyl (C=O) groups excluding carboxylic acids is 1. The second-order valence-electron chi connectivity index (χ2n) is 3.67. The Balaban J connectivity index is 0.00000106. The minimum Gasteiger partial charge on any atom is -0.458 e. The average molecular weight is 233 g/mol. The van der Waals surface area contributed by atoms with Gasteiger partial charge in [-0.25, -0.2) is 0 Å². The number of aliphatic hydroxyl groups excluding tert-OH is 1. The van der Waals surface area contributed by atoms with Crippen LogP contribution >= 0.6 is 0 Å². The fraction of sp³-hybridized carbons (Fsp3) is 0.909. The SMILES string of the molecule is CC.C[C@H](N)C(=O)OC1C[C@H](C)O[C@@H]1CO. The number of hydrogen-bond acceptors (Lipinski definition) is 5. The van der Waals surface area contributed by atoms with Crippen molar-refractivity contribution in [1.82, 2.24) is 0 Å². The Labute approximate surface area is 96.9 Å². The van der Waals surface area contributed by atoms with E-state index in [0.717, 1.165) is 0 Å². The van der Waals surface area contributed by atoms with E-state index in [2.05, 4.69) is 0 Å². The molecule has 1 aliphatic rings. The highest BCUT2D eigenvalue weighted by atomic mass is 16.6. The van der Waals surface area contributed by atoms with Crippen LogP contribution in [0.3, 0.4) is 0 Å². The van der Waals surface area contributed by atoms with Crippen LogP contribution in [0.1, 0.15) is 34.1 Å². The first-order chi connectivity index (χ1) is 7.54. The normalized spacial score (nSPS) is 30.2. The third-order valence-electron chi connectivity index (χ3n) is 2.21. The number of nitrogens with two attached hydrogens (primary N) is 1. The van der Waals surface area contributed by atoms with Crippen LogP contribution in [0.4, 0.5) is 0 Å². The van der Waals surface area contributed by atoms with Gasteiger partial charge in [0.25, 0.3) is 0 Å². The molecule has 0 spiro atoms. The molecule has 3 N–H and O–H groups in total. The van der Waals surface area contributed by atoms with E-state index in [-0.39, 0.29) is 18.8 Å². The maximum atomic E-state index is 11.2. The van der Waals surface area contributed by atoms with E-state index >= 15 is 0 Å². The zero-order valence-electron chi connectivity index (χ0n) is 10.5. The molecule has 0 saturated carbocycles. The Bertz CT molecular complexity index is 208. The van der Waals surface area contributed by atoms with Gasteiger partial charge < -0.3 is 20.3 Å². The molecule has 0 amide bonds. The third-order valence-corrected chi connectivity index (χ3v) is 2.21. The van der Waals surface area contributed by atoms with Crippen LogP contribution in [-0.4, -0.2) is 42.0 Å². The standard InChI is InChI=1S/C9H17NO4.C2H6/c1-5-3-7(8(4-11)13-5)14-9(12)6(2)10;1-2/h5-8,11H,3-4,10H2,1-2H3;1-2H3/t5-,6-,7?,8+;/m0./s1. The van der Waals surface area contributed by atoms with Gasteiger partial charge in [-0.1, -0.05) is 13.8 Å². The van der Waals surface area contributed by atoms with Gasteiger partial charge in [-0.3, -0.25) is 4.79 Å². The lowest BCUT2D eigenvalue weighted by molar-refractivity contribution is -0.154. The molecule has 0 bridgehead atoms. The van der Waals surface area contributed by atoms with Gasteiger partial charge in [-0.05, 0) is 13.8 Å². The lowest BCUT2D eigenvalue weighted by Crippen LogP contribution is -2.36. The van der Waals surface area contributed by atoms with Gasteiger partial charge in [0.2, 0.25) is 0 Å². The average Bonchev–Trinajstić information content (AvgIpc) is 2.61. The molecule has 0 radical (unpaired) electrons. The highest BCUT2D eigenvalue weighted by molar-refractivity contribution is 5.75. The topological polar surface area (TPSA) is 81.8 Å². The van der Waals surface area contributed by atoms with Crippen LogP contribution in [0.15, 0.2) is 0 Å². The fourth-order valence-corrected chi connectivity index (χ4v) is 1.46. The van der Waals surface area contributed by atoms with E-state index in [1.54, 1.807) is 6.92 Å². The van der Waals surface area contributed by atoms with Crippen molar-refractivity contribution in [3.05, 3.63) is 0 Å². The Morgan fingerprint density at radius 2 is 2.19 bits per heavy atom. The van der Waals surface area contributed by atoms with Crippen molar-refractivity contribution >= 4 is 5.97 Å². The molecule has 0 aromatic heterocycles. The molecule has 4 atom stereocenters. The van der Waals surface area contributed by atoms with Crippen LogP contribution in [0.5, 0.6) is 0 Å². The van der Waals surface area contributed by atoms with E-state index in [0.29, 0.717) is 6.42 Å². The van der Waals surface area contributed by atoms with E-state index < -0.39 is 18.1 Å². The van der Waals surface area contributed by atoms with Crippen molar-refractivity contribution in [2.45, 2.75) is 58.5 Å². The second-order valence-corrected chi connectivity index (χ2v) is 3.67. The molecule has 16 heavy (non-hydrogen) atoms. The molecule has 1 fully saturated rings. The van der Waals surface area contributed by atoms with Crippen molar-refractivity contribution in [1.29, 1.82) is 0 Å². The summed E-state index contributed by atoms with van der Waals surface area (Å²) in [6.07, 6.45) is -0.150. The molecule has 1 heterocycles. The Kier molecular flexibility index (Phi) is 7.29. The maximum Gasteiger partial charge on any atom is 0.322 e. The highest BCUT2D eigenvalue weighted by Crippen LogP contribution is 2.22. The molecular weight excluding hydrogens is 210 g/mol. The summed E-state index contributed by atoms with van der Waals surface area (Å²) in [7, 11) is 0. The van der Waals surface area contributed by atoms with Crippen molar-refractivity contribution < 1.29 is 19.4 Å². The first kappa shape index (κ1) is 15.3. The highest BCUT2D eigenvalue weighted by Gasteiger charge is 2.35. The molecule has 96 valence electrons. The zero-order chi connectivity index (χ0) is 12.7. The Morgan fingerprint density at radius 1 is 1.62 bits per heavy atom. The van der Waals surface area contributed by atoms with Gasteiger partial charge in [0.05, 0.1) is 12.7 Å². The third kappa shape index (κ3) is 4.47. The van der Waals surface area contributed by atoms with Gasteiger partial charge >= 0.3 is 5.97 Å². The molecule has 1 unspecified atom stereocenters. The van der Waals surface area contributed by atoms with Crippen molar-refractivity contribution in [3.63, 3.8) is 0 Å². The summed E-state index contributed by atoms with van der Waals surface area (Å²) in [6, 6.07) is -0.634. The van der Waals surface area contributed by atoms with E-state index in [1.807, 2.05) is 20.8 Å². The van der Waals surface area contributed by atoms with Gasteiger partial charge in [-0.2, -0.15) is 0 Å². The summed E-state index contributed by atoms with van der Waals surface area (Å²) in [5.41, 5.74) is 5.36. The Hall–Kier alpha value is -0.650. The fourth-order valence-electron chi connectivity index (χ4n) is 1.46. The minimum atomic E-state index is -0.634. The summed E-state index contributed by atoms with van der Waals surface area (Å²) in [4.78, 5) is 11.2. The van der Waals surface area contributed by atoms with Gasteiger partial charge in [0.1, 0.15) is 18.2 Å². The molecule has 5 nitrogen and oxygen atoms in total. The van der Waals surface area contributed by atoms with Crippen molar-refractivity contribution in [2.75, 3.05) is 6.61 Å². The number of hydrogen-bond donors (Lipinski definition) is 2. The molecule has 1 rings (SSSR count). The number of rotatable bonds is 3. The van der Waals surface area contributed by atoms with Crippen LogP contribution < -0.4 is 5.73 Å². The molecule has 0 aromatic carbocycles. The smallest absolute Gasteiger partial charge is 0.322 e. The summed E-state index contributed by atoms with van der Waals surface area (Å²) in [5.74, 6) is -0.453. The summed E-state index contributed by atoms with van der Waals surface area (Å²) >= 11 is 0. The number of esters is 1. The molecule has 1 saturated heterocycles. The molecule has 5 heteroatoms. The van der Waals surface area contributed by atoms with Gasteiger partial charge in [0, 0.05) is 6.42 Å². The predicted octanol–water partition coefficient (Wildman–Crippen LogP) is 0.441. The van der Waals surface area contributed by atoms with E-state index in [1.165, 1.54) is 0 Å². The van der Waals surface area contributed by atoms with E-state index in [9.17, 15) is 4.79 Å². The predicted molar refractivity (Wildman–Crippen MR) is 60.9 cm³/mol. The first-order valence-electron chi connectivity index (χ1n) is 5.77. The van der Waals surface area contributed by atoms with E-state index in [4.69, 9.17) is 20.3 Å². The van der Waals surface area contributed by atoms with Crippen LogP contribution in [0.25, 0.3) is 0 Å². The number of ether oxygens (including phenoxy) is 2. The van der Waals surface area contributed by atoms with Crippen molar-refractivity contribution in [3.8, 4) is 0 Å². The first-order valence-corrected chi connectivity index (χ1v) is 5.77. The maximum absolute atomic E-state index is 11.2. The van der Waals surface area contributed by atoms with Crippen LogP contribution in [-0.2, 0) is 14.3 Å². The summed E-state index contributed by atoms with van der Waals surface area (Å²) in [5, 5.41) is 8.96. The minimum absolute atomic E-state index is 0.0121. The summed E-state index contributed by atoms with van der Waals surface area (Å²) < 4.78 is 10.4. The van der Waals surface area contributed by atoms with Crippen molar-refractivity contribution in [2.24, 2.45) is 5.73 Å². The monoisotopic (exact) mass is 233 g/mol. The molecule has 0 aliphatic carbocycles. The van der Waals surface area contributed by atoms with Crippen LogP contribution in [0.2, 0.25) is 0 Å². The van der Waals surface area contributed by atoms with Gasteiger partial charge in [0.15, 0.2) is 0 Å². The summed E-state index contributed by atoms with van der Waals surface area (Å²) in [6.45, 7) is 7.30. The number of carbonyl (C=O) groups is 1. The lowest BCUT2D eigenvalue weighted by atomic mass is 10.1.